The first kappa shape index (κ1) is 13.2. The Labute approximate surface area is 122 Å². The van der Waals surface area contributed by atoms with E-state index in [1.165, 1.54) is 33.6 Å². The van der Waals surface area contributed by atoms with Crippen molar-refractivity contribution in [1.29, 1.82) is 0 Å². The van der Waals surface area contributed by atoms with Gasteiger partial charge in [0.1, 0.15) is 0 Å². The highest BCUT2D eigenvalue weighted by atomic mass is 14.9. The molecule has 104 valence electrons. The molecule has 0 amide bonds. The van der Waals surface area contributed by atoms with E-state index in [1.54, 1.807) is 0 Å². The minimum Gasteiger partial charge on any atom is -0.355 e. The zero-order valence-electron chi connectivity index (χ0n) is 12.8. The number of rotatable bonds is 2. The number of hydrogen-bond donors (Lipinski definition) is 1. The fourth-order valence-electron chi connectivity index (χ4n) is 2.81. The summed E-state index contributed by atoms with van der Waals surface area (Å²) in [6.07, 6.45) is 1.04. The van der Waals surface area contributed by atoms with Gasteiger partial charge in [0, 0.05) is 17.8 Å². The lowest BCUT2D eigenvalue weighted by atomic mass is 9.91. The molecule has 0 saturated heterocycles. The topological polar surface area (TPSA) is 12.0 Å². The van der Waals surface area contributed by atoms with Crippen LogP contribution in [-0.4, -0.2) is 0 Å². The highest BCUT2D eigenvalue weighted by molar-refractivity contribution is 5.72. The van der Waals surface area contributed by atoms with E-state index in [9.17, 15) is 0 Å². The molecule has 1 aliphatic heterocycles. The first-order valence-corrected chi connectivity index (χ1v) is 7.57. The summed E-state index contributed by atoms with van der Waals surface area (Å²) in [4.78, 5) is 0. The molecule has 1 N–H and O–H groups in total. The largest absolute Gasteiger partial charge is 0.355 e. The number of anilines is 2. The molecule has 0 bridgehead atoms. The van der Waals surface area contributed by atoms with E-state index in [0.717, 1.165) is 6.42 Å². The predicted octanol–water partition coefficient (Wildman–Crippen LogP) is 5.58. The average Bonchev–Trinajstić information content (AvgIpc) is 2.43. The van der Waals surface area contributed by atoms with Gasteiger partial charge in [-0.25, -0.2) is 0 Å². The number of benzene rings is 2. The molecule has 0 aromatic heterocycles. The summed E-state index contributed by atoms with van der Waals surface area (Å²) < 4.78 is 0. The third-order valence-electron chi connectivity index (χ3n) is 4.25. The average molecular weight is 265 g/mol. The van der Waals surface area contributed by atoms with Crippen molar-refractivity contribution >= 4 is 11.4 Å². The van der Waals surface area contributed by atoms with E-state index in [-0.39, 0.29) is 0 Å². The summed E-state index contributed by atoms with van der Waals surface area (Å²) in [5, 5.41) is 3.60. The first-order chi connectivity index (χ1) is 9.54. The normalized spacial score (nSPS) is 13.1. The Morgan fingerprint density at radius 1 is 0.750 bits per heavy atom. The van der Waals surface area contributed by atoms with E-state index in [2.05, 4.69) is 69.4 Å². The second kappa shape index (κ2) is 4.97. The highest BCUT2D eigenvalue weighted by Crippen LogP contribution is 2.35. The van der Waals surface area contributed by atoms with Gasteiger partial charge in [-0.3, -0.25) is 0 Å². The van der Waals surface area contributed by atoms with E-state index in [0.29, 0.717) is 11.8 Å². The number of nitrogens with one attached hydrogen (secondary N) is 1. The molecule has 0 aliphatic carbocycles. The molecule has 1 nitrogen and oxygen atoms in total. The zero-order chi connectivity index (χ0) is 14.3. The van der Waals surface area contributed by atoms with Gasteiger partial charge in [0.05, 0.1) is 0 Å². The van der Waals surface area contributed by atoms with Crippen molar-refractivity contribution < 1.29 is 0 Å². The molecule has 0 spiro atoms. The molecule has 0 unspecified atom stereocenters. The molecule has 1 aliphatic rings. The quantitative estimate of drug-likeness (QED) is 0.637. The first-order valence-electron chi connectivity index (χ1n) is 7.57. The van der Waals surface area contributed by atoms with Crippen LogP contribution in [0.4, 0.5) is 11.4 Å². The van der Waals surface area contributed by atoms with Gasteiger partial charge in [-0.2, -0.15) is 0 Å². The molecule has 0 saturated carbocycles. The van der Waals surface area contributed by atoms with Crippen LogP contribution in [-0.2, 0) is 6.42 Å². The molecule has 3 rings (SSSR count). The zero-order valence-corrected chi connectivity index (χ0v) is 12.8. The molecule has 20 heavy (non-hydrogen) atoms. The van der Waals surface area contributed by atoms with Crippen molar-refractivity contribution in [3.63, 3.8) is 0 Å². The number of fused-ring (bicyclic) bond motifs is 2. The van der Waals surface area contributed by atoms with Crippen LogP contribution < -0.4 is 5.32 Å². The fourth-order valence-corrected chi connectivity index (χ4v) is 2.81. The lowest BCUT2D eigenvalue weighted by molar-refractivity contribution is 0.860. The lowest BCUT2D eigenvalue weighted by Gasteiger charge is -2.24. The van der Waals surface area contributed by atoms with E-state index in [1.807, 2.05) is 0 Å². The Morgan fingerprint density at radius 2 is 1.40 bits per heavy atom. The molecular weight excluding hydrogens is 242 g/mol. The van der Waals surface area contributed by atoms with Crippen molar-refractivity contribution in [3.8, 4) is 0 Å². The fraction of sp³-hybridized carbons (Fsp3) is 0.368. The third-order valence-corrected chi connectivity index (χ3v) is 4.25. The van der Waals surface area contributed by atoms with E-state index in [4.69, 9.17) is 0 Å². The lowest BCUT2D eigenvalue weighted by Crippen LogP contribution is -2.08. The van der Waals surface area contributed by atoms with Gasteiger partial charge in [0.25, 0.3) is 0 Å². The summed E-state index contributed by atoms with van der Waals surface area (Å²) in [5.41, 5.74) is 8.19. The predicted molar refractivity (Wildman–Crippen MR) is 87.2 cm³/mol. The Balaban J connectivity index is 1.97. The molecular formula is C19H23N. The van der Waals surface area contributed by atoms with Crippen molar-refractivity contribution in [2.24, 2.45) is 0 Å². The summed E-state index contributed by atoms with van der Waals surface area (Å²) in [6.45, 7) is 8.99. The summed E-state index contributed by atoms with van der Waals surface area (Å²) in [5.74, 6) is 1.16. The van der Waals surface area contributed by atoms with Crippen molar-refractivity contribution in [2.75, 3.05) is 5.32 Å². The van der Waals surface area contributed by atoms with Crippen LogP contribution in [0.2, 0.25) is 0 Å². The minimum atomic E-state index is 0.576. The van der Waals surface area contributed by atoms with Crippen molar-refractivity contribution in [2.45, 2.75) is 46.0 Å². The maximum Gasteiger partial charge on any atom is 0.0423 e. The van der Waals surface area contributed by atoms with Crippen molar-refractivity contribution in [3.05, 3.63) is 58.7 Å². The van der Waals surface area contributed by atoms with E-state index < -0.39 is 0 Å². The van der Waals surface area contributed by atoms with Crippen LogP contribution in [0.1, 0.15) is 61.8 Å². The van der Waals surface area contributed by atoms with Crippen molar-refractivity contribution in [1.82, 2.24) is 0 Å². The minimum absolute atomic E-state index is 0.576. The Hall–Kier alpha value is -1.76. The standard InChI is InChI=1S/C19H23N/c1-12(2)14-7-8-18-17(9-14)10-16-6-5-15(13(3)4)11-19(16)20-18/h5-9,11-13,20H,10H2,1-4H3. The van der Waals surface area contributed by atoms with Crippen LogP contribution in [0, 0.1) is 0 Å². The summed E-state index contributed by atoms with van der Waals surface area (Å²) in [6, 6.07) is 13.7. The van der Waals surface area contributed by atoms with Crippen LogP contribution in [0.5, 0.6) is 0 Å². The van der Waals surface area contributed by atoms with Gasteiger partial charge < -0.3 is 5.32 Å². The Kier molecular flexibility index (Phi) is 3.29. The van der Waals surface area contributed by atoms with Crippen LogP contribution in [0.3, 0.4) is 0 Å². The Bertz CT molecular complexity index is 581. The van der Waals surface area contributed by atoms with Gasteiger partial charge >= 0.3 is 0 Å². The molecule has 0 fully saturated rings. The van der Waals surface area contributed by atoms with E-state index >= 15 is 0 Å². The molecule has 0 atom stereocenters. The molecule has 1 heterocycles. The number of hydrogen-bond acceptors (Lipinski definition) is 1. The maximum atomic E-state index is 3.60. The maximum absolute atomic E-state index is 3.60. The van der Waals surface area contributed by atoms with Crippen LogP contribution in [0.15, 0.2) is 36.4 Å². The smallest absolute Gasteiger partial charge is 0.0423 e. The third kappa shape index (κ3) is 2.33. The molecule has 1 heteroatoms. The van der Waals surface area contributed by atoms with Gasteiger partial charge in [0.2, 0.25) is 0 Å². The molecule has 2 aromatic rings. The monoisotopic (exact) mass is 265 g/mol. The van der Waals surface area contributed by atoms with Gasteiger partial charge in [-0.1, -0.05) is 52.0 Å². The highest BCUT2D eigenvalue weighted by Gasteiger charge is 2.16. The Morgan fingerprint density at radius 3 is 2.10 bits per heavy atom. The van der Waals surface area contributed by atoms with Gasteiger partial charge in [-0.15, -0.1) is 0 Å². The van der Waals surface area contributed by atoms with Gasteiger partial charge in [-0.05, 0) is 46.2 Å². The second-order valence-electron chi connectivity index (χ2n) is 6.44. The SMILES string of the molecule is CC(C)c1ccc2c(c1)Cc1ccc(C(C)C)cc1N2. The summed E-state index contributed by atoms with van der Waals surface area (Å²) >= 11 is 0. The van der Waals surface area contributed by atoms with Gasteiger partial charge in [0.15, 0.2) is 0 Å². The molecule has 0 radical (unpaired) electrons. The van der Waals surface area contributed by atoms with Crippen LogP contribution in [0.25, 0.3) is 0 Å². The molecule has 2 aromatic carbocycles. The second-order valence-corrected chi connectivity index (χ2v) is 6.44. The summed E-state index contributed by atoms with van der Waals surface area (Å²) in [7, 11) is 0. The van der Waals surface area contributed by atoms with Crippen LogP contribution >= 0.6 is 0 Å².